The Bertz CT molecular complexity index is 603. The number of rotatable bonds is 3. The van der Waals surface area contributed by atoms with Gasteiger partial charge < -0.3 is 4.90 Å². The number of nitrogens with zero attached hydrogens (tertiary/aromatic N) is 3. The van der Waals surface area contributed by atoms with Gasteiger partial charge in [0.2, 0.25) is 0 Å². The molecule has 1 N–H and O–H groups in total. The van der Waals surface area contributed by atoms with E-state index in [0.29, 0.717) is 5.69 Å². The average Bonchev–Trinajstić information content (AvgIpc) is 3.06. The molecule has 1 aliphatic heterocycles. The van der Waals surface area contributed by atoms with E-state index in [2.05, 4.69) is 32.6 Å². The number of amides is 1. The zero-order valence-electron chi connectivity index (χ0n) is 11.7. The van der Waals surface area contributed by atoms with Crippen LogP contribution in [0.5, 0.6) is 0 Å². The van der Waals surface area contributed by atoms with Crippen molar-refractivity contribution in [3.8, 4) is 0 Å². The number of fused-ring (bicyclic) bond motifs is 1. The molecule has 106 valence electrons. The van der Waals surface area contributed by atoms with E-state index in [1.54, 1.807) is 30.3 Å². The molecule has 3 heterocycles. The molecule has 0 spiro atoms. The third kappa shape index (κ3) is 2.48. The molecule has 20 heavy (non-hydrogen) atoms. The highest BCUT2D eigenvalue weighted by atomic mass is 32.1. The highest BCUT2D eigenvalue weighted by Gasteiger charge is 2.26. The third-order valence-electron chi connectivity index (χ3n) is 3.58. The minimum atomic E-state index is -0.0273. The summed E-state index contributed by atoms with van der Waals surface area (Å²) in [6.07, 6.45) is 0.925. The smallest absolute Gasteiger partial charge is 0.274 e. The summed E-state index contributed by atoms with van der Waals surface area (Å²) in [5.74, 6) is -0.0273. The molecule has 0 fully saturated rings. The van der Waals surface area contributed by atoms with Crippen LogP contribution in [0.2, 0.25) is 0 Å². The molecular weight excluding hydrogens is 272 g/mol. The number of thiophene rings is 1. The van der Waals surface area contributed by atoms with Gasteiger partial charge in [0.1, 0.15) is 0 Å². The summed E-state index contributed by atoms with van der Waals surface area (Å²) in [6.45, 7) is 2.74. The highest BCUT2D eigenvalue weighted by Crippen LogP contribution is 2.23. The van der Waals surface area contributed by atoms with Gasteiger partial charge in [-0.15, -0.1) is 11.3 Å². The van der Waals surface area contributed by atoms with Gasteiger partial charge in [-0.05, 0) is 11.4 Å². The molecule has 2 aromatic rings. The second kappa shape index (κ2) is 5.38. The van der Waals surface area contributed by atoms with Crippen molar-refractivity contribution in [2.45, 2.75) is 19.5 Å². The van der Waals surface area contributed by atoms with Crippen LogP contribution in [-0.4, -0.2) is 46.5 Å². The lowest BCUT2D eigenvalue weighted by atomic mass is 10.0. The van der Waals surface area contributed by atoms with E-state index < -0.39 is 0 Å². The molecule has 1 aliphatic rings. The van der Waals surface area contributed by atoms with Crippen LogP contribution in [0.25, 0.3) is 0 Å². The Morgan fingerprint density at radius 3 is 3.10 bits per heavy atom. The first-order chi connectivity index (χ1) is 9.65. The molecule has 0 bridgehead atoms. The van der Waals surface area contributed by atoms with Gasteiger partial charge in [-0.3, -0.25) is 14.8 Å². The molecule has 0 radical (unpaired) electrons. The van der Waals surface area contributed by atoms with Crippen molar-refractivity contribution >= 4 is 17.2 Å². The van der Waals surface area contributed by atoms with Gasteiger partial charge in [-0.1, -0.05) is 6.07 Å². The highest BCUT2D eigenvalue weighted by molar-refractivity contribution is 7.09. The molecule has 2 aromatic heterocycles. The van der Waals surface area contributed by atoms with Crippen molar-refractivity contribution in [1.82, 2.24) is 20.0 Å². The molecule has 0 saturated heterocycles. The summed E-state index contributed by atoms with van der Waals surface area (Å²) in [7, 11) is 3.52. The second-order valence-electron chi connectivity index (χ2n) is 5.27. The fourth-order valence-electron chi connectivity index (χ4n) is 2.50. The van der Waals surface area contributed by atoms with Gasteiger partial charge in [0.25, 0.3) is 5.91 Å². The van der Waals surface area contributed by atoms with Crippen LogP contribution in [-0.2, 0) is 19.5 Å². The summed E-state index contributed by atoms with van der Waals surface area (Å²) in [5, 5.41) is 9.33. The van der Waals surface area contributed by atoms with E-state index in [9.17, 15) is 4.79 Å². The molecule has 0 unspecified atom stereocenters. The number of carbonyl (C=O) groups excluding carboxylic acids is 1. The first-order valence-corrected chi connectivity index (χ1v) is 7.55. The van der Waals surface area contributed by atoms with Crippen LogP contribution in [0.3, 0.4) is 0 Å². The fourth-order valence-corrected chi connectivity index (χ4v) is 3.24. The summed E-state index contributed by atoms with van der Waals surface area (Å²) in [5.41, 5.74) is 2.74. The Labute approximate surface area is 122 Å². The normalized spacial score (nSPS) is 15.1. The molecular formula is C14H18N4OS. The first-order valence-electron chi connectivity index (χ1n) is 6.67. The molecule has 0 aliphatic carbocycles. The van der Waals surface area contributed by atoms with E-state index in [1.165, 1.54) is 4.88 Å². The second-order valence-corrected chi connectivity index (χ2v) is 6.30. The Morgan fingerprint density at radius 2 is 2.40 bits per heavy atom. The summed E-state index contributed by atoms with van der Waals surface area (Å²) < 4.78 is 0. The molecule has 3 rings (SSSR count). The van der Waals surface area contributed by atoms with Gasteiger partial charge >= 0.3 is 0 Å². The number of nitrogens with one attached hydrogen (secondary N) is 1. The predicted octanol–water partition coefficient (Wildman–Crippen LogP) is 1.73. The van der Waals surface area contributed by atoms with Crippen LogP contribution in [0.15, 0.2) is 17.5 Å². The van der Waals surface area contributed by atoms with Crippen molar-refractivity contribution in [2.75, 3.05) is 20.6 Å². The van der Waals surface area contributed by atoms with E-state index in [1.807, 2.05) is 0 Å². The van der Waals surface area contributed by atoms with Crippen molar-refractivity contribution in [3.63, 3.8) is 0 Å². The number of H-pyrrole nitrogens is 1. The molecule has 6 heteroatoms. The SMILES string of the molecule is CN(C)C(=O)c1n[nH]c2c1CN(Cc1cccs1)CC2. The molecule has 0 saturated carbocycles. The van der Waals surface area contributed by atoms with Crippen LogP contribution in [0.1, 0.15) is 26.6 Å². The fraction of sp³-hybridized carbons (Fsp3) is 0.429. The minimum absolute atomic E-state index is 0.0273. The number of aromatic nitrogens is 2. The van der Waals surface area contributed by atoms with E-state index in [4.69, 9.17) is 0 Å². The maximum Gasteiger partial charge on any atom is 0.274 e. The van der Waals surface area contributed by atoms with Crippen LogP contribution >= 0.6 is 11.3 Å². The van der Waals surface area contributed by atoms with Gasteiger partial charge in [-0.25, -0.2) is 0 Å². The minimum Gasteiger partial charge on any atom is -0.343 e. The van der Waals surface area contributed by atoms with Crippen LogP contribution < -0.4 is 0 Å². The van der Waals surface area contributed by atoms with E-state index >= 15 is 0 Å². The Balaban J connectivity index is 1.79. The topological polar surface area (TPSA) is 52.2 Å². The van der Waals surface area contributed by atoms with E-state index in [-0.39, 0.29) is 5.91 Å². The van der Waals surface area contributed by atoms with Gasteiger partial charge in [0.05, 0.1) is 0 Å². The Kier molecular flexibility index (Phi) is 3.58. The first kappa shape index (κ1) is 13.3. The summed E-state index contributed by atoms with van der Waals surface area (Å²) >= 11 is 1.78. The predicted molar refractivity (Wildman–Crippen MR) is 78.7 cm³/mol. The van der Waals surface area contributed by atoms with Gasteiger partial charge in [0.15, 0.2) is 5.69 Å². The largest absolute Gasteiger partial charge is 0.343 e. The third-order valence-corrected chi connectivity index (χ3v) is 4.44. The average molecular weight is 290 g/mol. The van der Waals surface area contributed by atoms with Crippen molar-refractivity contribution in [3.05, 3.63) is 39.3 Å². The van der Waals surface area contributed by atoms with Crippen molar-refractivity contribution in [1.29, 1.82) is 0 Å². The lowest BCUT2D eigenvalue weighted by Gasteiger charge is -2.26. The van der Waals surface area contributed by atoms with Crippen LogP contribution in [0, 0.1) is 0 Å². The monoisotopic (exact) mass is 290 g/mol. The molecule has 0 aromatic carbocycles. The molecule has 5 nitrogen and oxygen atoms in total. The Morgan fingerprint density at radius 1 is 1.55 bits per heavy atom. The number of hydrogen-bond acceptors (Lipinski definition) is 4. The van der Waals surface area contributed by atoms with E-state index in [0.717, 1.165) is 37.3 Å². The lowest BCUT2D eigenvalue weighted by Crippen LogP contribution is -2.31. The quantitative estimate of drug-likeness (QED) is 0.936. The van der Waals surface area contributed by atoms with Gasteiger partial charge in [0, 0.05) is 56.3 Å². The maximum absolute atomic E-state index is 12.1. The molecule has 0 atom stereocenters. The van der Waals surface area contributed by atoms with Crippen molar-refractivity contribution in [2.24, 2.45) is 0 Å². The number of hydrogen-bond donors (Lipinski definition) is 1. The summed E-state index contributed by atoms with van der Waals surface area (Å²) in [4.78, 5) is 17.4. The zero-order chi connectivity index (χ0) is 14.1. The Hall–Kier alpha value is -1.66. The number of aromatic amines is 1. The lowest BCUT2D eigenvalue weighted by molar-refractivity contribution is 0.0819. The van der Waals surface area contributed by atoms with Crippen LogP contribution in [0.4, 0.5) is 0 Å². The van der Waals surface area contributed by atoms with Crippen molar-refractivity contribution < 1.29 is 4.79 Å². The summed E-state index contributed by atoms with van der Waals surface area (Å²) in [6, 6.07) is 4.23. The standard InChI is InChI=1S/C14H18N4OS/c1-17(2)14(19)13-11-9-18(6-5-12(11)15-16-13)8-10-4-3-7-20-10/h3-4,7H,5-6,8-9H2,1-2H3,(H,15,16). The maximum atomic E-state index is 12.1. The van der Waals surface area contributed by atoms with Gasteiger partial charge in [-0.2, -0.15) is 5.10 Å². The molecule has 1 amide bonds. The number of carbonyl (C=O) groups is 1. The zero-order valence-corrected chi connectivity index (χ0v) is 12.5.